The minimum atomic E-state index is -0.528. The molecule has 3 aromatic carbocycles. The highest BCUT2D eigenvalue weighted by Crippen LogP contribution is 2.32. The topological polar surface area (TPSA) is 58.6 Å². The molecular weight excluding hydrogens is 517 g/mol. The van der Waals surface area contributed by atoms with Gasteiger partial charge in [0, 0.05) is 27.8 Å². The SMILES string of the molecule is COC(=O)C(C)c1ccc(-c2ccc(NCc3cc(Br)cc(Br)c3O)cc2)c(F)c1. The molecule has 3 rings (SSSR count). The molecule has 1 atom stereocenters. The summed E-state index contributed by atoms with van der Waals surface area (Å²) >= 11 is 6.73. The van der Waals surface area contributed by atoms with Gasteiger partial charge in [0.25, 0.3) is 0 Å². The Labute approximate surface area is 191 Å². The van der Waals surface area contributed by atoms with E-state index in [1.165, 1.54) is 13.2 Å². The van der Waals surface area contributed by atoms with E-state index in [0.717, 1.165) is 21.3 Å². The van der Waals surface area contributed by atoms with Crippen molar-refractivity contribution in [2.45, 2.75) is 19.4 Å². The van der Waals surface area contributed by atoms with Crippen molar-refractivity contribution in [1.29, 1.82) is 0 Å². The fourth-order valence-electron chi connectivity index (χ4n) is 3.07. The first-order valence-corrected chi connectivity index (χ1v) is 10.8. The normalized spacial score (nSPS) is 11.8. The zero-order chi connectivity index (χ0) is 21.8. The van der Waals surface area contributed by atoms with E-state index in [-0.39, 0.29) is 5.75 Å². The molecule has 0 bridgehead atoms. The van der Waals surface area contributed by atoms with Crippen LogP contribution >= 0.6 is 31.9 Å². The lowest BCUT2D eigenvalue weighted by Gasteiger charge is -2.13. The van der Waals surface area contributed by atoms with Crippen molar-refractivity contribution in [1.82, 2.24) is 0 Å². The van der Waals surface area contributed by atoms with Gasteiger partial charge in [-0.3, -0.25) is 4.79 Å². The van der Waals surface area contributed by atoms with Crippen LogP contribution in [0, 0.1) is 5.82 Å². The first-order chi connectivity index (χ1) is 14.3. The molecular formula is C23H20Br2FNO3. The van der Waals surface area contributed by atoms with Crippen LogP contribution < -0.4 is 5.32 Å². The molecule has 0 aliphatic rings. The largest absolute Gasteiger partial charge is 0.506 e. The van der Waals surface area contributed by atoms with Crippen molar-refractivity contribution in [3.05, 3.63) is 80.5 Å². The summed E-state index contributed by atoms with van der Waals surface area (Å²) in [6.45, 7) is 2.11. The zero-order valence-corrected chi connectivity index (χ0v) is 19.6. The van der Waals surface area contributed by atoms with Gasteiger partial charge in [0.05, 0.1) is 17.5 Å². The van der Waals surface area contributed by atoms with Gasteiger partial charge < -0.3 is 15.2 Å². The first kappa shape index (κ1) is 22.3. The molecule has 7 heteroatoms. The summed E-state index contributed by atoms with van der Waals surface area (Å²) in [4.78, 5) is 11.7. The number of anilines is 1. The van der Waals surface area contributed by atoms with Crippen LogP contribution in [0.25, 0.3) is 11.1 Å². The summed E-state index contributed by atoms with van der Waals surface area (Å²) in [5.74, 6) is -1.14. The smallest absolute Gasteiger partial charge is 0.312 e. The molecule has 0 fully saturated rings. The van der Waals surface area contributed by atoms with Crippen molar-refractivity contribution in [2.75, 3.05) is 12.4 Å². The van der Waals surface area contributed by atoms with Crippen LogP contribution in [0.1, 0.15) is 24.0 Å². The molecule has 0 radical (unpaired) electrons. The Morgan fingerprint density at radius 2 is 1.83 bits per heavy atom. The molecule has 30 heavy (non-hydrogen) atoms. The van der Waals surface area contributed by atoms with Crippen molar-refractivity contribution in [3.8, 4) is 16.9 Å². The number of aromatic hydroxyl groups is 1. The molecule has 0 aliphatic carbocycles. The van der Waals surface area contributed by atoms with Crippen molar-refractivity contribution < 1.29 is 19.0 Å². The highest BCUT2D eigenvalue weighted by Gasteiger charge is 2.17. The van der Waals surface area contributed by atoms with Gasteiger partial charge in [0.15, 0.2) is 0 Å². The predicted molar refractivity (Wildman–Crippen MR) is 123 cm³/mol. The van der Waals surface area contributed by atoms with E-state index in [1.54, 1.807) is 25.1 Å². The fourth-order valence-corrected chi connectivity index (χ4v) is 4.38. The van der Waals surface area contributed by atoms with Gasteiger partial charge >= 0.3 is 5.97 Å². The molecule has 156 valence electrons. The number of phenols is 1. The fraction of sp³-hybridized carbons (Fsp3) is 0.174. The quantitative estimate of drug-likeness (QED) is 0.348. The second kappa shape index (κ2) is 9.62. The number of ether oxygens (including phenoxy) is 1. The molecule has 0 spiro atoms. The van der Waals surface area contributed by atoms with Gasteiger partial charge in [0.2, 0.25) is 0 Å². The standard InChI is InChI=1S/C23H20Br2FNO3/c1-13(23(29)30-2)15-5-8-19(21(26)10-15)14-3-6-18(7-4-14)27-12-16-9-17(24)11-20(25)22(16)28/h3-11,13,27-28H,12H2,1-2H3. The molecule has 0 amide bonds. The van der Waals surface area contributed by atoms with Gasteiger partial charge in [-0.15, -0.1) is 0 Å². The number of halogens is 3. The van der Waals surface area contributed by atoms with Crippen molar-refractivity contribution in [3.63, 3.8) is 0 Å². The molecule has 0 aromatic heterocycles. The monoisotopic (exact) mass is 535 g/mol. The number of phenolic OH excluding ortho intramolecular Hbond substituents is 1. The van der Waals surface area contributed by atoms with E-state index in [2.05, 4.69) is 37.2 Å². The van der Waals surface area contributed by atoms with Gasteiger partial charge in [-0.05, 0) is 64.3 Å². The third kappa shape index (κ3) is 5.02. The first-order valence-electron chi connectivity index (χ1n) is 9.18. The third-order valence-corrected chi connectivity index (χ3v) is 5.90. The van der Waals surface area contributed by atoms with Gasteiger partial charge in [-0.1, -0.05) is 40.2 Å². The van der Waals surface area contributed by atoms with Crippen molar-refractivity contribution >= 4 is 43.5 Å². The Bertz CT molecular complexity index is 1070. The number of nitrogens with one attached hydrogen (secondary N) is 1. The summed E-state index contributed by atoms with van der Waals surface area (Å²) in [7, 11) is 1.32. The molecule has 0 aliphatic heterocycles. The Morgan fingerprint density at radius 1 is 1.13 bits per heavy atom. The Morgan fingerprint density at radius 3 is 2.47 bits per heavy atom. The number of hydrogen-bond acceptors (Lipinski definition) is 4. The molecule has 3 aromatic rings. The highest BCUT2D eigenvalue weighted by molar-refractivity contribution is 9.11. The average molecular weight is 537 g/mol. The number of hydrogen-bond donors (Lipinski definition) is 2. The second-order valence-corrected chi connectivity index (χ2v) is 8.58. The Kier molecular flexibility index (Phi) is 7.15. The van der Waals surface area contributed by atoms with Gasteiger partial charge in [-0.25, -0.2) is 4.39 Å². The predicted octanol–water partition coefficient (Wildman–Crippen LogP) is 6.61. The van der Waals surface area contributed by atoms with Crippen LogP contribution in [-0.4, -0.2) is 18.2 Å². The summed E-state index contributed by atoms with van der Waals surface area (Å²) in [5, 5.41) is 13.4. The Balaban J connectivity index is 1.74. The lowest BCUT2D eigenvalue weighted by Crippen LogP contribution is -2.11. The number of rotatable bonds is 6. The summed E-state index contributed by atoms with van der Waals surface area (Å²) in [6.07, 6.45) is 0. The van der Waals surface area contributed by atoms with E-state index < -0.39 is 17.7 Å². The van der Waals surface area contributed by atoms with Crippen LogP contribution in [0.3, 0.4) is 0 Å². The zero-order valence-electron chi connectivity index (χ0n) is 16.4. The summed E-state index contributed by atoms with van der Waals surface area (Å²) < 4.78 is 20.8. The molecule has 0 saturated heterocycles. The van der Waals surface area contributed by atoms with E-state index in [9.17, 15) is 14.3 Å². The second-order valence-electron chi connectivity index (χ2n) is 6.81. The van der Waals surface area contributed by atoms with Gasteiger partial charge in [0.1, 0.15) is 11.6 Å². The van der Waals surface area contributed by atoms with E-state index in [0.29, 0.717) is 22.1 Å². The number of carbonyl (C=O) groups is 1. The number of carbonyl (C=O) groups excluding carboxylic acids is 1. The number of methoxy groups -OCH3 is 1. The van der Waals surface area contributed by atoms with Crippen LogP contribution in [0.5, 0.6) is 5.75 Å². The van der Waals surface area contributed by atoms with Crippen LogP contribution in [-0.2, 0) is 16.1 Å². The maximum Gasteiger partial charge on any atom is 0.312 e. The van der Waals surface area contributed by atoms with Crippen LogP contribution in [0.15, 0.2) is 63.5 Å². The third-order valence-electron chi connectivity index (χ3n) is 4.83. The van der Waals surface area contributed by atoms with E-state index in [1.807, 2.05) is 30.3 Å². The maximum atomic E-state index is 14.6. The maximum absolute atomic E-state index is 14.6. The van der Waals surface area contributed by atoms with Crippen LogP contribution in [0.4, 0.5) is 10.1 Å². The van der Waals surface area contributed by atoms with E-state index in [4.69, 9.17) is 4.74 Å². The summed E-state index contributed by atoms with van der Waals surface area (Å²) in [5.41, 5.74) is 3.33. The lowest BCUT2D eigenvalue weighted by atomic mass is 9.97. The van der Waals surface area contributed by atoms with Crippen molar-refractivity contribution in [2.24, 2.45) is 0 Å². The minimum Gasteiger partial charge on any atom is -0.506 e. The lowest BCUT2D eigenvalue weighted by molar-refractivity contribution is -0.141. The molecule has 2 N–H and O–H groups in total. The van der Waals surface area contributed by atoms with E-state index >= 15 is 0 Å². The van der Waals surface area contributed by atoms with Crippen LogP contribution in [0.2, 0.25) is 0 Å². The number of esters is 1. The number of benzene rings is 3. The summed E-state index contributed by atoms with van der Waals surface area (Å²) in [6, 6.07) is 15.7. The molecule has 1 unspecified atom stereocenters. The molecule has 0 heterocycles. The average Bonchev–Trinajstić information content (AvgIpc) is 2.74. The molecule has 0 saturated carbocycles. The Hall–Kier alpha value is -2.38. The minimum absolute atomic E-state index is 0.186. The van der Waals surface area contributed by atoms with Gasteiger partial charge in [-0.2, -0.15) is 0 Å². The molecule has 4 nitrogen and oxygen atoms in total. The highest BCUT2D eigenvalue weighted by atomic mass is 79.9.